The van der Waals surface area contributed by atoms with Crippen molar-refractivity contribution in [2.75, 3.05) is 12.8 Å². The topological polar surface area (TPSA) is 101 Å². The van der Waals surface area contributed by atoms with Gasteiger partial charge in [-0.25, -0.2) is 13.1 Å². The summed E-state index contributed by atoms with van der Waals surface area (Å²) in [6, 6.07) is 1.28. The summed E-state index contributed by atoms with van der Waals surface area (Å²) in [4.78, 5) is 11.9. The number of sulfonamides is 1. The second-order valence-corrected chi connectivity index (χ2v) is 7.31. The highest BCUT2D eigenvalue weighted by molar-refractivity contribution is 7.88. The Kier molecular flexibility index (Phi) is 5.31. The van der Waals surface area contributed by atoms with Crippen molar-refractivity contribution in [1.82, 2.24) is 20.2 Å². The van der Waals surface area contributed by atoms with E-state index in [4.69, 9.17) is 23.2 Å². The van der Waals surface area contributed by atoms with Crippen LogP contribution in [0.25, 0.3) is 0 Å². The van der Waals surface area contributed by atoms with E-state index in [1.807, 2.05) is 0 Å². The van der Waals surface area contributed by atoms with Crippen LogP contribution >= 0.6 is 23.2 Å². The number of amides is 1. The number of hydrogen-bond donors (Lipinski definition) is 2. The van der Waals surface area contributed by atoms with Gasteiger partial charge in [0.1, 0.15) is 0 Å². The van der Waals surface area contributed by atoms with Crippen LogP contribution in [0.5, 0.6) is 0 Å². The van der Waals surface area contributed by atoms with Gasteiger partial charge >= 0.3 is 0 Å². The van der Waals surface area contributed by atoms with Crippen molar-refractivity contribution in [2.45, 2.75) is 19.4 Å². The smallest absolute Gasteiger partial charge is 0.254 e. The van der Waals surface area contributed by atoms with Crippen molar-refractivity contribution in [2.24, 2.45) is 0 Å². The van der Waals surface area contributed by atoms with Crippen molar-refractivity contribution in [3.63, 3.8) is 0 Å². The number of carbonyl (C=O) groups excluding carboxylic acids is 1. The zero-order chi connectivity index (χ0) is 15.6. The van der Waals surface area contributed by atoms with E-state index in [9.17, 15) is 13.2 Å². The minimum Gasteiger partial charge on any atom is -0.350 e. The van der Waals surface area contributed by atoms with E-state index < -0.39 is 21.5 Å². The highest BCUT2D eigenvalue weighted by atomic mass is 35.5. The molecule has 0 aromatic carbocycles. The third-order valence-corrected chi connectivity index (χ3v) is 3.50. The number of carbonyl (C=O) groups is 1. The lowest BCUT2D eigenvalue weighted by molar-refractivity contribution is 0.0944. The van der Waals surface area contributed by atoms with Crippen molar-refractivity contribution in [1.29, 1.82) is 0 Å². The molecule has 0 aliphatic rings. The predicted octanol–water partition coefficient (Wildman–Crippen LogP) is 0.841. The van der Waals surface area contributed by atoms with Crippen LogP contribution in [0.4, 0.5) is 0 Å². The number of hydrogen-bond acceptors (Lipinski definition) is 5. The van der Waals surface area contributed by atoms with Crippen molar-refractivity contribution in [3.8, 4) is 0 Å². The minimum absolute atomic E-state index is 0.0353. The molecule has 0 saturated carbocycles. The first-order valence-corrected chi connectivity index (χ1v) is 8.11. The molecule has 10 heteroatoms. The fourth-order valence-corrected chi connectivity index (χ4v) is 2.85. The molecule has 1 amide bonds. The summed E-state index contributed by atoms with van der Waals surface area (Å²) >= 11 is 11.4. The zero-order valence-electron chi connectivity index (χ0n) is 11.1. The first-order valence-electron chi connectivity index (χ1n) is 5.46. The average Bonchev–Trinajstić information content (AvgIpc) is 2.26. The summed E-state index contributed by atoms with van der Waals surface area (Å²) in [5.74, 6) is -0.518. The average molecular weight is 341 g/mol. The molecule has 0 bridgehead atoms. The second kappa shape index (κ2) is 6.21. The lowest BCUT2D eigenvalue weighted by Gasteiger charge is -2.25. The van der Waals surface area contributed by atoms with Crippen LogP contribution in [0, 0.1) is 0 Å². The Morgan fingerprint density at radius 1 is 1.35 bits per heavy atom. The lowest BCUT2D eigenvalue weighted by atomic mass is 10.1. The van der Waals surface area contributed by atoms with E-state index in [0.29, 0.717) is 0 Å². The van der Waals surface area contributed by atoms with Crippen LogP contribution in [0.1, 0.15) is 24.2 Å². The third-order valence-electron chi connectivity index (χ3n) is 2.12. The number of halogens is 2. The van der Waals surface area contributed by atoms with Gasteiger partial charge in [0.05, 0.1) is 11.8 Å². The summed E-state index contributed by atoms with van der Waals surface area (Å²) in [7, 11) is -3.38. The molecule has 0 radical (unpaired) electrons. The minimum atomic E-state index is -3.38. The van der Waals surface area contributed by atoms with Crippen LogP contribution in [0.3, 0.4) is 0 Å². The third kappa shape index (κ3) is 5.58. The van der Waals surface area contributed by atoms with Crippen molar-refractivity contribution in [3.05, 3.63) is 21.9 Å². The molecule has 7 nitrogen and oxygen atoms in total. The Bertz CT molecular complexity index is 619. The summed E-state index contributed by atoms with van der Waals surface area (Å²) in [5, 5.41) is 9.51. The van der Waals surface area contributed by atoms with Crippen LogP contribution in [0.2, 0.25) is 10.3 Å². The maximum absolute atomic E-state index is 11.9. The molecule has 0 unspecified atom stereocenters. The van der Waals surface area contributed by atoms with Crippen LogP contribution in [-0.2, 0) is 10.0 Å². The van der Waals surface area contributed by atoms with Gasteiger partial charge in [-0.05, 0) is 19.9 Å². The summed E-state index contributed by atoms with van der Waals surface area (Å²) in [6.45, 7) is 3.33. The Labute approximate surface area is 127 Å². The van der Waals surface area contributed by atoms with Crippen LogP contribution in [0.15, 0.2) is 6.07 Å². The molecule has 20 heavy (non-hydrogen) atoms. The van der Waals surface area contributed by atoms with E-state index in [2.05, 4.69) is 20.2 Å². The molecule has 2 N–H and O–H groups in total. The molecule has 0 atom stereocenters. The van der Waals surface area contributed by atoms with Gasteiger partial charge in [-0.1, -0.05) is 23.2 Å². The van der Waals surface area contributed by atoms with Gasteiger partial charge in [0.25, 0.3) is 5.91 Å². The highest BCUT2D eigenvalue weighted by Gasteiger charge is 2.23. The fourth-order valence-electron chi connectivity index (χ4n) is 1.45. The summed E-state index contributed by atoms with van der Waals surface area (Å²) < 4.78 is 24.8. The first kappa shape index (κ1) is 17.1. The number of nitrogens with zero attached hydrogens (tertiary/aromatic N) is 2. The van der Waals surface area contributed by atoms with Gasteiger partial charge < -0.3 is 5.32 Å². The number of aromatic nitrogens is 2. The molecule has 0 aliphatic heterocycles. The largest absolute Gasteiger partial charge is 0.350 e. The molecule has 1 rings (SSSR count). The number of rotatable bonds is 5. The van der Waals surface area contributed by atoms with Gasteiger partial charge in [0.2, 0.25) is 10.0 Å². The van der Waals surface area contributed by atoms with Crippen LogP contribution in [-0.4, -0.2) is 42.9 Å². The predicted molar refractivity (Wildman–Crippen MR) is 76.4 cm³/mol. The number of nitrogens with one attached hydrogen (secondary N) is 2. The van der Waals surface area contributed by atoms with E-state index in [1.54, 1.807) is 13.8 Å². The quantitative estimate of drug-likeness (QED) is 0.827. The fraction of sp³-hybridized carbons (Fsp3) is 0.500. The molecule has 1 aromatic heterocycles. The Balaban J connectivity index is 2.75. The maximum Gasteiger partial charge on any atom is 0.254 e. The molecule has 0 fully saturated rings. The van der Waals surface area contributed by atoms with Crippen molar-refractivity contribution < 1.29 is 13.2 Å². The molecule has 1 aromatic rings. The van der Waals surface area contributed by atoms with Gasteiger partial charge in [0, 0.05) is 12.1 Å². The molecular weight excluding hydrogens is 327 g/mol. The molecule has 1 heterocycles. The maximum atomic E-state index is 11.9. The standard InChI is InChI=1S/C10H14Cl2N4O3S/c1-10(2,16-20(3,18)19)5-13-9(17)6-4-7(11)14-15-8(6)12/h4,16H,5H2,1-3H3,(H,13,17). The Morgan fingerprint density at radius 2 is 1.95 bits per heavy atom. The zero-order valence-corrected chi connectivity index (χ0v) is 13.4. The molecular formula is C10H14Cl2N4O3S. The lowest BCUT2D eigenvalue weighted by Crippen LogP contribution is -2.51. The van der Waals surface area contributed by atoms with E-state index in [1.165, 1.54) is 6.07 Å². The van der Waals surface area contributed by atoms with E-state index in [-0.39, 0.29) is 22.4 Å². The molecule has 112 valence electrons. The van der Waals surface area contributed by atoms with E-state index >= 15 is 0 Å². The van der Waals surface area contributed by atoms with Gasteiger partial charge in [-0.2, -0.15) is 0 Å². The summed E-state index contributed by atoms with van der Waals surface area (Å²) in [5.41, 5.74) is -0.776. The Morgan fingerprint density at radius 3 is 2.50 bits per heavy atom. The monoisotopic (exact) mass is 340 g/mol. The first-order chi connectivity index (χ1) is 9.00. The second-order valence-electron chi connectivity index (χ2n) is 4.81. The van der Waals surface area contributed by atoms with Gasteiger partial charge in [-0.3, -0.25) is 4.79 Å². The molecule has 0 spiro atoms. The van der Waals surface area contributed by atoms with Crippen LogP contribution < -0.4 is 10.0 Å². The SMILES string of the molecule is CC(C)(CNC(=O)c1cc(Cl)nnc1Cl)NS(C)(=O)=O. The van der Waals surface area contributed by atoms with E-state index in [0.717, 1.165) is 6.26 Å². The van der Waals surface area contributed by atoms with Crippen molar-refractivity contribution >= 4 is 39.1 Å². The molecule has 0 aliphatic carbocycles. The van der Waals surface area contributed by atoms with Gasteiger partial charge in [-0.15, -0.1) is 10.2 Å². The summed E-state index contributed by atoms with van der Waals surface area (Å²) in [6.07, 6.45) is 1.04. The normalized spacial score (nSPS) is 12.2. The molecule has 0 saturated heterocycles. The Hall–Kier alpha value is -0.960. The van der Waals surface area contributed by atoms with Gasteiger partial charge in [0.15, 0.2) is 10.3 Å². The highest BCUT2D eigenvalue weighted by Crippen LogP contribution is 2.15.